The van der Waals surface area contributed by atoms with Gasteiger partial charge in [-0.05, 0) is 70.1 Å². The van der Waals surface area contributed by atoms with Gasteiger partial charge in [-0.2, -0.15) is 5.26 Å². The molecule has 116 valence electrons. The van der Waals surface area contributed by atoms with E-state index in [0.717, 1.165) is 11.1 Å². The summed E-state index contributed by atoms with van der Waals surface area (Å²) in [6, 6.07) is 8.66. The van der Waals surface area contributed by atoms with Crippen molar-refractivity contribution in [3.05, 3.63) is 64.8 Å². The Morgan fingerprint density at radius 3 is 2.23 bits per heavy atom. The van der Waals surface area contributed by atoms with Crippen molar-refractivity contribution < 1.29 is 0 Å². The lowest BCUT2D eigenvalue weighted by molar-refractivity contribution is 1.02. The summed E-state index contributed by atoms with van der Waals surface area (Å²) in [6.45, 7) is 14.1. The molecular formula is C21H27N. The molecule has 1 aliphatic rings. The standard InChI is InChI=1S/C11H14.C10H13N/c1-8(2)11-6-5-9(3)7-10(11)4;1-3-8(7-11)10(4-2)9-5-6-9/h5-7H,1H2,2-4H3;3-4,9H,5-6H2,1-2H3/b;8-3-,10-4+. The monoisotopic (exact) mass is 293 g/mol. The van der Waals surface area contributed by atoms with E-state index in [1.807, 2.05) is 26.8 Å². The summed E-state index contributed by atoms with van der Waals surface area (Å²) in [5, 5.41) is 8.75. The van der Waals surface area contributed by atoms with Crippen LogP contribution in [0.1, 0.15) is 50.3 Å². The fourth-order valence-electron chi connectivity index (χ4n) is 2.59. The molecule has 1 aromatic carbocycles. The minimum Gasteiger partial charge on any atom is -0.192 e. The van der Waals surface area contributed by atoms with Crippen molar-refractivity contribution in [2.24, 2.45) is 5.92 Å². The number of hydrogen-bond acceptors (Lipinski definition) is 1. The number of nitrogens with zero attached hydrogens (tertiary/aromatic N) is 1. The van der Waals surface area contributed by atoms with Crippen LogP contribution in [0.5, 0.6) is 0 Å². The van der Waals surface area contributed by atoms with Crippen LogP contribution in [0.4, 0.5) is 0 Å². The number of benzene rings is 1. The van der Waals surface area contributed by atoms with Crippen LogP contribution in [0.3, 0.4) is 0 Å². The van der Waals surface area contributed by atoms with E-state index in [0.29, 0.717) is 5.92 Å². The molecule has 0 N–H and O–H groups in total. The molecule has 1 nitrogen and oxygen atoms in total. The molecule has 1 heteroatoms. The molecule has 0 bridgehead atoms. The fraction of sp³-hybridized carbons (Fsp3) is 0.381. The van der Waals surface area contributed by atoms with Crippen LogP contribution in [-0.4, -0.2) is 0 Å². The Labute approximate surface area is 135 Å². The maximum absolute atomic E-state index is 8.75. The largest absolute Gasteiger partial charge is 0.192 e. The predicted octanol–water partition coefficient (Wildman–Crippen LogP) is 6.15. The van der Waals surface area contributed by atoms with Crippen LogP contribution in [0.2, 0.25) is 0 Å². The van der Waals surface area contributed by atoms with Crippen molar-refractivity contribution in [1.29, 1.82) is 5.26 Å². The van der Waals surface area contributed by atoms with Gasteiger partial charge in [0.25, 0.3) is 0 Å². The Kier molecular flexibility index (Phi) is 6.86. The Morgan fingerprint density at radius 2 is 1.86 bits per heavy atom. The van der Waals surface area contributed by atoms with Crippen LogP contribution < -0.4 is 0 Å². The van der Waals surface area contributed by atoms with Gasteiger partial charge >= 0.3 is 0 Å². The maximum Gasteiger partial charge on any atom is 0.0991 e. The first-order chi connectivity index (χ1) is 10.4. The summed E-state index contributed by atoms with van der Waals surface area (Å²) in [7, 11) is 0. The lowest BCUT2D eigenvalue weighted by atomic mass is 10.0. The Balaban J connectivity index is 0.000000220. The molecule has 22 heavy (non-hydrogen) atoms. The molecule has 0 aromatic heterocycles. The molecule has 1 aliphatic carbocycles. The SMILES string of the molecule is C/C=C(\C(C#N)=C/C)C1CC1.C=C(C)c1ccc(C)cc1C. The van der Waals surface area contributed by atoms with Gasteiger partial charge < -0.3 is 0 Å². The van der Waals surface area contributed by atoms with Crippen molar-refractivity contribution in [3.8, 4) is 6.07 Å². The van der Waals surface area contributed by atoms with E-state index < -0.39 is 0 Å². The summed E-state index contributed by atoms with van der Waals surface area (Å²) in [5.41, 5.74) is 7.15. The number of nitriles is 1. The smallest absolute Gasteiger partial charge is 0.0991 e. The Morgan fingerprint density at radius 1 is 1.23 bits per heavy atom. The van der Waals surface area contributed by atoms with Crippen molar-refractivity contribution in [1.82, 2.24) is 0 Å². The van der Waals surface area contributed by atoms with Crippen LogP contribution >= 0.6 is 0 Å². The molecule has 1 aromatic rings. The first-order valence-electron chi connectivity index (χ1n) is 7.90. The zero-order valence-electron chi connectivity index (χ0n) is 14.5. The minimum atomic E-state index is 0.686. The second kappa shape index (κ2) is 8.39. The van der Waals surface area contributed by atoms with Gasteiger partial charge in [-0.15, -0.1) is 0 Å². The van der Waals surface area contributed by atoms with Crippen molar-refractivity contribution in [3.63, 3.8) is 0 Å². The van der Waals surface area contributed by atoms with Gasteiger partial charge in [0.15, 0.2) is 0 Å². The molecule has 1 saturated carbocycles. The van der Waals surface area contributed by atoms with E-state index in [1.54, 1.807) is 0 Å². The molecule has 0 atom stereocenters. The topological polar surface area (TPSA) is 23.8 Å². The van der Waals surface area contributed by atoms with Gasteiger partial charge in [-0.25, -0.2) is 0 Å². The Bertz CT molecular complexity index is 634. The van der Waals surface area contributed by atoms with Crippen molar-refractivity contribution >= 4 is 5.57 Å². The van der Waals surface area contributed by atoms with Gasteiger partial charge in [0, 0.05) is 0 Å². The van der Waals surface area contributed by atoms with E-state index >= 15 is 0 Å². The number of aryl methyl sites for hydroxylation is 2. The first kappa shape index (κ1) is 18.0. The molecular weight excluding hydrogens is 266 g/mol. The van der Waals surface area contributed by atoms with Crippen LogP contribution in [0, 0.1) is 31.1 Å². The minimum absolute atomic E-state index is 0.686. The second-order valence-electron chi connectivity index (χ2n) is 5.93. The van der Waals surface area contributed by atoms with E-state index in [1.165, 1.54) is 35.1 Å². The van der Waals surface area contributed by atoms with Crippen LogP contribution in [0.25, 0.3) is 5.57 Å². The third kappa shape index (κ3) is 5.04. The van der Waals surface area contributed by atoms with Gasteiger partial charge in [-0.3, -0.25) is 0 Å². The van der Waals surface area contributed by atoms with E-state index in [2.05, 4.69) is 50.8 Å². The molecule has 1 fully saturated rings. The van der Waals surface area contributed by atoms with Crippen molar-refractivity contribution in [2.75, 3.05) is 0 Å². The summed E-state index contributed by atoms with van der Waals surface area (Å²) < 4.78 is 0. The highest BCUT2D eigenvalue weighted by Crippen LogP contribution is 2.39. The molecule has 2 rings (SSSR count). The lowest BCUT2D eigenvalue weighted by Gasteiger charge is -2.04. The molecule has 0 heterocycles. The van der Waals surface area contributed by atoms with Crippen LogP contribution in [0.15, 0.2) is 48.1 Å². The highest BCUT2D eigenvalue weighted by atomic mass is 14.3. The summed E-state index contributed by atoms with van der Waals surface area (Å²) in [4.78, 5) is 0. The highest BCUT2D eigenvalue weighted by molar-refractivity contribution is 5.64. The average molecular weight is 293 g/mol. The number of hydrogen-bond donors (Lipinski definition) is 0. The highest BCUT2D eigenvalue weighted by Gasteiger charge is 2.26. The summed E-state index contributed by atoms with van der Waals surface area (Å²) in [6.07, 6.45) is 6.49. The molecule has 0 saturated heterocycles. The quantitative estimate of drug-likeness (QED) is 0.484. The molecule has 0 aliphatic heterocycles. The normalized spacial score (nSPS) is 14.7. The summed E-state index contributed by atoms with van der Waals surface area (Å²) in [5.74, 6) is 0.686. The zero-order valence-corrected chi connectivity index (χ0v) is 14.5. The van der Waals surface area contributed by atoms with Gasteiger partial charge in [0.05, 0.1) is 11.6 Å². The van der Waals surface area contributed by atoms with E-state index in [4.69, 9.17) is 5.26 Å². The molecule has 0 amide bonds. The van der Waals surface area contributed by atoms with Crippen molar-refractivity contribution in [2.45, 2.75) is 47.5 Å². The predicted molar refractivity (Wildman–Crippen MR) is 96.5 cm³/mol. The number of allylic oxidation sites excluding steroid dienone is 5. The summed E-state index contributed by atoms with van der Waals surface area (Å²) >= 11 is 0. The zero-order chi connectivity index (χ0) is 16.7. The molecule has 0 unspecified atom stereocenters. The van der Waals surface area contributed by atoms with Gasteiger partial charge in [0.2, 0.25) is 0 Å². The lowest BCUT2D eigenvalue weighted by Crippen LogP contribution is -1.88. The van der Waals surface area contributed by atoms with Gasteiger partial charge in [0.1, 0.15) is 0 Å². The molecule has 0 radical (unpaired) electrons. The maximum atomic E-state index is 8.75. The average Bonchev–Trinajstić information content (AvgIpc) is 3.29. The van der Waals surface area contributed by atoms with Crippen LogP contribution in [-0.2, 0) is 0 Å². The van der Waals surface area contributed by atoms with E-state index in [-0.39, 0.29) is 0 Å². The number of rotatable bonds is 3. The first-order valence-corrected chi connectivity index (χ1v) is 7.90. The third-order valence-electron chi connectivity index (χ3n) is 3.89. The Hall–Kier alpha value is -2.07. The fourth-order valence-corrected chi connectivity index (χ4v) is 2.59. The molecule has 0 spiro atoms. The van der Waals surface area contributed by atoms with Gasteiger partial charge in [-0.1, -0.05) is 48.1 Å². The van der Waals surface area contributed by atoms with E-state index in [9.17, 15) is 0 Å². The second-order valence-corrected chi connectivity index (χ2v) is 5.93. The third-order valence-corrected chi connectivity index (χ3v) is 3.89.